The summed E-state index contributed by atoms with van der Waals surface area (Å²) >= 11 is 0. The minimum absolute atomic E-state index is 0.118. The molecule has 12 heteroatoms. The van der Waals surface area contributed by atoms with Crippen molar-refractivity contribution in [2.24, 2.45) is 10.8 Å². The van der Waals surface area contributed by atoms with Gasteiger partial charge in [-0.15, -0.1) is 0 Å². The van der Waals surface area contributed by atoms with Gasteiger partial charge in [-0.3, -0.25) is 39.4 Å². The summed E-state index contributed by atoms with van der Waals surface area (Å²) in [5.74, 6) is -4.21. The van der Waals surface area contributed by atoms with Crippen molar-refractivity contribution in [1.82, 2.24) is 0 Å². The highest BCUT2D eigenvalue weighted by Gasteiger charge is 2.54. The Hall–Kier alpha value is -5.52. The minimum Gasteiger partial charge on any atom is -0.457 e. The highest BCUT2D eigenvalue weighted by Crippen LogP contribution is 2.56. The predicted octanol–water partition coefficient (Wildman–Crippen LogP) is 6.38. The lowest BCUT2D eigenvalue weighted by Crippen LogP contribution is -2.41. The molecule has 0 aromatic heterocycles. The van der Waals surface area contributed by atoms with E-state index in [0.717, 1.165) is 0 Å². The maximum atomic E-state index is 14.7. The first-order valence-corrected chi connectivity index (χ1v) is 15.5. The summed E-state index contributed by atoms with van der Waals surface area (Å²) in [5.41, 5.74) is -0.448. The van der Waals surface area contributed by atoms with Crippen LogP contribution in [-0.2, 0) is 28.7 Å². The number of rotatable bonds is 4. The fourth-order valence-corrected chi connectivity index (χ4v) is 7.58. The fourth-order valence-electron chi connectivity index (χ4n) is 7.58. The second-order valence-corrected chi connectivity index (χ2v) is 14.5. The average Bonchev–Trinajstić information content (AvgIpc) is 3.00. The summed E-state index contributed by atoms with van der Waals surface area (Å²) in [6.45, 7) is 7.56. The molecular formula is C36H30N2O10. The van der Waals surface area contributed by atoms with Crippen LogP contribution in [0.15, 0.2) is 93.9 Å². The van der Waals surface area contributed by atoms with Gasteiger partial charge in [-0.05, 0) is 22.0 Å². The van der Waals surface area contributed by atoms with Crippen LogP contribution in [0.4, 0.5) is 11.4 Å². The number of nitro groups is 2. The second kappa shape index (κ2) is 10.5. The number of benzene rings is 2. The zero-order valence-corrected chi connectivity index (χ0v) is 26.6. The first kappa shape index (κ1) is 31.1. The van der Waals surface area contributed by atoms with Gasteiger partial charge in [0.05, 0.1) is 21.0 Å². The number of Topliss-reactive ketones (excluding diaryl/α,β-unsaturated/α-hetero) is 4. The molecule has 2 atom stereocenters. The Morgan fingerprint density at radius 2 is 0.896 bits per heavy atom. The number of hydrogen-bond donors (Lipinski definition) is 0. The number of allylic oxidation sites excluding steroid dienone is 6. The third-order valence-electron chi connectivity index (χ3n) is 9.63. The van der Waals surface area contributed by atoms with Gasteiger partial charge in [0, 0.05) is 72.9 Å². The van der Waals surface area contributed by atoms with Crippen molar-refractivity contribution in [1.29, 1.82) is 0 Å². The van der Waals surface area contributed by atoms with Crippen molar-refractivity contribution in [3.63, 3.8) is 0 Å². The highest BCUT2D eigenvalue weighted by atomic mass is 16.6. The molecular weight excluding hydrogens is 620 g/mol. The largest absolute Gasteiger partial charge is 0.457 e. The molecule has 0 amide bonds. The van der Waals surface area contributed by atoms with Crippen LogP contribution in [0.2, 0.25) is 0 Å². The van der Waals surface area contributed by atoms with Crippen molar-refractivity contribution >= 4 is 34.5 Å². The van der Waals surface area contributed by atoms with Crippen molar-refractivity contribution in [3.8, 4) is 0 Å². The van der Waals surface area contributed by atoms with Crippen molar-refractivity contribution < 1.29 is 38.5 Å². The first-order valence-electron chi connectivity index (χ1n) is 15.5. The molecule has 7 rings (SSSR count). The lowest BCUT2D eigenvalue weighted by molar-refractivity contribution is -0.385. The third-order valence-corrected chi connectivity index (χ3v) is 9.63. The number of non-ortho nitro benzene ring substituents is 2. The van der Waals surface area contributed by atoms with Crippen LogP contribution in [0.5, 0.6) is 0 Å². The Bertz CT molecular complexity index is 1890. The molecule has 0 spiro atoms. The molecule has 0 radical (unpaired) electrons. The van der Waals surface area contributed by atoms with Gasteiger partial charge in [0.15, 0.2) is 23.1 Å². The monoisotopic (exact) mass is 650 g/mol. The number of carbonyl (C=O) groups excluding carboxylic acids is 4. The van der Waals surface area contributed by atoms with Crippen molar-refractivity contribution in [2.75, 3.05) is 0 Å². The predicted molar refractivity (Wildman–Crippen MR) is 168 cm³/mol. The number of nitrogens with zero attached hydrogens (tertiary/aromatic N) is 2. The number of carbonyl (C=O) groups is 4. The molecule has 2 aliphatic heterocycles. The molecule has 0 bridgehead atoms. The maximum absolute atomic E-state index is 14.7. The summed E-state index contributed by atoms with van der Waals surface area (Å²) in [7, 11) is 0. The molecule has 5 aliphatic rings. The van der Waals surface area contributed by atoms with E-state index < -0.39 is 44.1 Å². The molecule has 2 unspecified atom stereocenters. The molecule has 0 saturated carbocycles. The van der Waals surface area contributed by atoms with E-state index in [1.807, 2.05) is 27.7 Å². The van der Waals surface area contributed by atoms with Crippen molar-refractivity contribution in [2.45, 2.75) is 65.2 Å². The summed E-state index contributed by atoms with van der Waals surface area (Å²) in [4.78, 5) is 78.7. The van der Waals surface area contributed by atoms with Gasteiger partial charge in [0.1, 0.15) is 11.5 Å². The Morgan fingerprint density at radius 3 is 1.21 bits per heavy atom. The third kappa shape index (κ3) is 4.81. The standard InChI is InChI=1S/C36H30N2O10/c1-35(2)13-21(39)27-23(15-35)47-33-29(25(27)17-5-9-19(10-6-17)37(43)44)32(42)34-30(31(33)41)26(18-7-11-20(12-8-18)38(45)46)28-22(40)14-36(3,4)16-24(28)48-34/h5-12,25-26H,13-16H2,1-4H3. The van der Waals surface area contributed by atoms with Crippen LogP contribution in [0, 0.1) is 31.1 Å². The number of hydrogen-bond acceptors (Lipinski definition) is 10. The highest BCUT2D eigenvalue weighted by molar-refractivity contribution is 6.27. The van der Waals surface area contributed by atoms with Gasteiger partial charge in [-0.25, -0.2) is 0 Å². The smallest absolute Gasteiger partial charge is 0.269 e. The maximum Gasteiger partial charge on any atom is 0.269 e. The van der Waals surface area contributed by atoms with E-state index in [2.05, 4.69) is 0 Å². The van der Waals surface area contributed by atoms with E-state index in [9.17, 15) is 39.4 Å². The Balaban J connectivity index is 1.42. The molecule has 2 aromatic rings. The Labute approximate surface area is 274 Å². The van der Waals surface area contributed by atoms with Crippen LogP contribution in [0.3, 0.4) is 0 Å². The normalized spacial score (nSPS) is 24.3. The average molecular weight is 651 g/mol. The van der Waals surface area contributed by atoms with Crippen LogP contribution in [-0.4, -0.2) is 33.0 Å². The van der Waals surface area contributed by atoms with Gasteiger partial charge in [0.2, 0.25) is 11.6 Å². The fraction of sp³-hybridized carbons (Fsp3) is 0.333. The molecule has 3 aliphatic carbocycles. The summed E-state index contributed by atoms with van der Waals surface area (Å²) in [5, 5.41) is 22.9. The van der Waals surface area contributed by atoms with E-state index >= 15 is 0 Å². The lowest BCUT2D eigenvalue weighted by Gasteiger charge is -2.43. The van der Waals surface area contributed by atoms with Gasteiger partial charge < -0.3 is 9.47 Å². The summed E-state index contributed by atoms with van der Waals surface area (Å²) in [6.07, 6.45) is 0.882. The zero-order chi connectivity index (χ0) is 34.4. The van der Waals surface area contributed by atoms with Crippen LogP contribution in [0.25, 0.3) is 0 Å². The molecule has 0 saturated heterocycles. The first-order chi connectivity index (χ1) is 22.6. The van der Waals surface area contributed by atoms with Gasteiger partial charge in [0.25, 0.3) is 11.4 Å². The summed E-state index contributed by atoms with van der Waals surface area (Å²) < 4.78 is 12.5. The quantitative estimate of drug-likeness (QED) is 0.205. The van der Waals surface area contributed by atoms with Gasteiger partial charge >= 0.3 is 0 Å². The SMILES string of the molecule is CC1(C)CC(=O)C2=C(C1)OC1=C(C(=O)C3=C(C1=O)C(c1ccc([N+](=O)[O-])cc1)C1=C(CC(C)(C)CC1=O)O3)C2c1ccc([N+](=O)[O-])cc1. The van der Waals surface area contributed by atoms with Gasteiger partial charge in [-0.2, -0.15) is 0 Å². The Morgan fingerprint density at radius 1 is 0.562 bits per heavy atom. The van der Waals surface area contributed by atoms with Crippen molar-refractivity contribution in [3.05, 3.63) is 125 Å². The topological polar surface area (TPSA) is 173 Å². The molecule has 0 fully saturated rings. The molecule has 2 aromatic carbocycles. The lowest BCUT2D eigenvalue weighted by atomic mass is 9.65. The number of nitro benzene ring substituents is 2. The van der Waals surface area contributed by atoms with Gasteiger partial charge in [-0.1, -0.05) is 52.0 Å². The van der Waals surface area contributed by atoms with Crippen LogP contribution < -0.4 is 0 Å². The van der Waals surface area contributed by atoms with E-state index in [-0.39, 0.29) is 94.0 Å². The van der Waals surface area contributed by atoms with E-state index in [4.69, 9.17) is 9.47 Å². The molecule has 12 nitrogen and oxygen atoms in total. The Kier molecular flexibility index (Phi) is 6.80. The molecule has 2 heterocycles. The van der Waals surface area contributed by atoms with Crippen LogP contribution in [0.1, 0.15) is 76.3 Å². The zero-order valence-electron chi connectivity index (χ0n) is 26.6. The second-order valence-electron chi connectivity index (χ2n) is 14.5. The molecule has 48 heavy (non-hydrogen) atoms. The van der Waals surface area contributed by atoms with E-state index in [0.29, 0.717) is 11.1 Å². The number of ketones is 4. The van der Waals surface area contributed by atoms with E-state index in [1.165, 1.54) is 48.5 Å². The summed E-state index contributed by atoms with van der Waals surface area (Å²) in [6, 6.07) is 10.9. The van der Waals surface area contributed by atoms with Crippen LogP contribution >= 0.6 is 0 Å². The number of ether oxygens (including phenoxy) is 2. The molecule has 0 N–H and O–H groups in total. The minimum atomic E-state index is -1.07. The van der Waals surface area contributed by atoms with E-state index in [1.54, 1.807) is 0 Å². The molecule has 244 valence electrons.